The van der Waals surface area contributed by atoms with Crippen molar-refractivity contribution < 1.29 is 28.5 Å². The molecule has 200 valence electrons. The van der Waals surface area contributed by atoms with E-state index in [4.69, 9.17) is 18.9 Å². The number of ether oxygens (including phenoxy) is 4. The first-order valence-corrected chi connectivity index (χ1v) is 13.8. The smallest absolute Gasteiger partial charge is 0.431 e. The molecule has 34 heavy (non-hydrogen) atoms. The summed E-state index contributed by atoms with van der Waals surface area (Å²) in [5.74, 6) is 0.592. The molecule has 0 N–H and O–H groups in total. The Morgan fingerprint density at radius 1 is 0.735 bits per heavy atom. The van der Waals surface area contributed by atoms with Crippen LogP contribution in [0.2, 0.25) is 0 Å². The van der Waals surface area contributed by atoms with Crippen molar-refractivity contribution in [3.63, 3.8) is 0 Å². The molecular weight excluding hydrogens is 432 g/mol. The van der Waals surface area contributed by atoms with Crippen LogP contribution in [-0.2, 0) is 18.9 Å². The monoisotopic (exact) mass is 484 g/mol. The van der Waals surface area contributed by atoms with E-state index in [1.165, 1.54) is 0 Å². The number of rotatable bonds is 14. The Kier molecular flexibility index (Phi) is 13.3. The number of carbonyl (C=O) groups excluding carboxylic acids is 2. The standard InChI is InChI=1S/C28H52O6/c1-9-13-16-21(11-3)27(5,6)33-25(29)31-23-18-15-19-24(20-23)32-26(30)34-28(7,8)22(12-4)17-14-10-2/h21-24H,9-20H2,1-8H3. The number of hydrogen-bond donors (Lipinski definition) is 0. The second-order valence-electron chi connectivity index (χ2n) is 11.1. The van der Waals surface area contributed by atoms with Crippen molar-refractivity contribution in [1.82, 2.24) is 0 Å². The zero-order chi connectivity index (χ0) is 25.8. The zero-order valence-electron chi connectivity index (χ0n) is 23.2. The van der Waals surface area contributed by atoms with Gasteiger partial charge in [0.15, 0.2) is 0 Å². The predicted octanol–water partition coefficient (Wildman–Crippen LogP) is 8.59. The fourth-order valence-corrected chi connectivity index (χ4v) is 5.22. The summed E-state index contributed by atoms with van der Waals surface area (Å²) in [5.41, 5.74) is -1.15. The van der Waals surface area contributed by atoms with Gasteiger partial charge in [0.05, 0.1) is 0 Å². The molecule has 0 amide bonds. The van der Waals surface area contributed by atoms with Gasteiger partial charge in [0.25, 0.3) is 0 Å². The molecule has 6 nitrogen and oxygen atoms in total. The molecule has 6 heteroatoms. The molecule has 0 heterocycles. The van der Waals surface area contributed by atoms with Gasteiger partial charge >= 0.3 is 12.3 Å². The molecule has 1 saturated carbocycles. The van der Waals surface area contributed by atoms with Crippen molar-refractivity contribution in [1.29, 1.82) is 0 Å². The highest BCUT2D eigenvalue weighted by atomic mass is 16.7. The van der Waals surface area contributed by atoms with E-state index in [2.05, 4.69) is 27.7 Å². The fourth-order valence-electron chi connectivity index (χ4n) is 5.22. The van der Waals surface area contributed by atoms with Crippen molar-refractivity contribution in [2.24, 2.45) is 11.8 Å². The van der Waals surface area contributed by atoms with Crippen LogP contribution in [-0.4, -0.2) is 35.7 Å². The normalized spacial score (nSPS) is 20.8. The van der Waals surface area contributed by atoms with Crippen LogP contribution in [0.3, 0.4) is 0 Å². The molecular formula is C28H52O6. The Hall–Kier alpha value is -1.46. The summed E-state index contributed by atoms with van der Waals surface area (Å²) < 4.78 is 22.8. The van der Waals surface area contributed by atoms with Crippen LogP contribution in [0.5, 0.6) is 0 Å². The minimum absolute atomic E-state index is 0.296. The van der Waals surface area contributed by atoms with Crippen LogP contribution in [0.4, 0.5) is 9.59 Å². The Morgan fingerprint density at radius 3 is 1.44 bits per heavy atom. The number of carbonyl (C=O) groups is 2. The minimum Gasteiger partial charge on any atom is -0.431 e. The van der Waals surface area contributed by atoms with E-state index in [1.807, 2.05) is 27.7 Å². The van der Waals surface area contributed by atoms with Crippen LogP contribution in [0, 0.1) is 11.8 Å². The van der Waals surface area contributed by atoms with Gasteiger partial charge in [-0.05, 0) is 84.5 Å². The van der Waals surface area contributed by atoms with Gasteiger partial charge < -0.3 is 18.9 Å². The van der Waals surface area contributed by atoms with Crippen molar-refractivity contribution in [3.05, 3.63) is 0 Å². The summed E-state index contributed by atoms with van der Waals surface area (Å²) in [6.07, 6.45) is 9.36. The van der Waals surface area contributed by atoms with Gasteiger partial charge in [0, 0.05) is 6.42 Å². The van der Waals surface area contributed by atoms with Gasteiger partial charge in [0.1, 0.15) is 23.4 Å². The molecule has 1 aliphatic carbocycles. The van der Waals surface area contributed by atoms with E-state index in [0.717, 1.165) is 70.6 Å². The molecule has 0 aromatic carbocycles. The molecule has 0 aromatic heterocycles. The third-order valence-electron chi connectivity index (χ3n) is 7.56. The third-order valence-corrected chi connectivity index (χ3v) is 7.56. The Balaban J connectivity index is 2.57. The molecule has 0 aliphatic heterocycles. The summed E-state index contributed by atoms with van der Waals surface area (Å²) in [6, 6.07) is 0. The summed E-state index contributed by atoms with van der Waals surface area (Å²) in [6.45, 7) is 16.5. The molecule has 1 fully saturated rings. The second-order valence-corrected chi connectivity index (χ2v) is 11.1. The number of unbranched alkanes of at least 4 members (excludes halogenated alkanes) is 2. The Morgan fingerprint density at radius 2 is 1.12 bits per heavy atom. The first-order valence-electron chi connectivity index (χ1n) is 13.8. The average Bonchev–Trinajstić information content (AvgIpc) is 2.73. The largest absolute Gasteiger partial charge is 0.509 e. The Labute approximate surface area is 208 Å². The highest BCUT2D eigenvalue weighted by Crippen LogP contribution is 2.32. The molecule has 4 unspecified atom stereocenters. The predicted molar refractivity (Wildman–Crippen MR) is 136 cm³/mol. The fraction of sp³-hybridized carbons (Fsp3) is 0.929. The lowest BCUT2D eigenvalue weighted by Gasteiger charge is -2.35. The summed E-state index contributed by atoms with van der Waals surface area (Å²) in [5, 5.41) is 0. The third kappa shape index (κ3) is 10.4. The SMILES string of the molecule is CCCCC(CC)C(C)(C)OC(=O)OC1CCCC(OC(=O)OC(C)(C)C(CC)CCCC)C1. The average molecular weight is 485 g/mol. The molecule has 1 aliphatic rings. The summed E-state index contributed by atoms with van der Waals surface area (Å²) in [7, 11) is 0. The Bertz CT molecular complexity index is 550. The highest BCUT2D eigenvalue weighted by Gasteiger charge is 2.36. The molecule has 4 atom stereocenters. The molecule has 0 spiro atoms. The molecule has 0 saturated heterocycles. The molecule has 1 rings (SSSR count). The van der Waals surface area contributed by atoms with Crippen LogP contribution in [0.1, 0.15) is 132 Å². The maximum absolute atomic E-state index is 12.6. The molecule has 0 radical (unpaired) electrons. The maximum atomic E-state index is 12.6. The van der Waals surface area contributed by atoms with Crippen LogP contribution >= 0.6 is 0 Å². The van der Waals surface area contributed by atoms with E-state index < -0.39 is 23.5 Å². The van der Waals surface area contributed by atoms with E-state index in [9.17, 15) is 9.59 Å². The van der Waals surface area contributed by atoms with E-state index in [0.29, 0.717) is 18.3 Å². The van der Waals surface area contributed by atoms with Gasteiger partial charge in [-0.15, -0.1) is 0 Å². The van der Waals surface area contributed by atoms with Gasteiger partial charge in [-0.25, -0.2) is 9.59 Å². The lowest BCUT2D eigenvalue weighted by Crippen LogP contribution is -2.40. The van der Waals surface area contributed by atoms with Crippen molar-refractivity contribution in [2.75, 3.05) is 0 Å². The quantitative estimate of drug-likeness (QED) is 0.230. The van der Waals surface area contributed by atoms with Crippen molar-refractivity contribution in [3.8, 4) is 0 Å². The first kappa shape index (κ1) is 30.6. The van der Waals surface area contributed by atoms with Crippen LogP contribution in [0.15, 0.2) is 0 Å². The second kappa shape index (κ2) is 14.8. The summed E-state index contributed by atoms with van der Waals surface area (Å²) >= 11 is 0. The van der Waals surface area contributed by atoms with Gasteiger partial charge in [-0.2, -0.15) is 0 Å². The van der Waals surface area contributed by atoms with E-state index in [1.54, 1.807) is 0 Å². The minimum atomic E-state index is -0.629. The van der Waals surface area contributed by atoms with Gasteiger partial charge in [0.2, 0.25) is 0 Å². The topological polar surface area (TPSA) is 71.1 Å². The lowest BCUT2D eigenvalue weighted by molar-refractivity contribution is -0.0886. The van der Waals surface area contributed by atoms with Crippen LogP contribution in [0.25, 0.3) is 0 Å². The van der Waals surface area contributed by atoms with E-state index in [-0.39, 0.29) is 12.2 Å². The van der Waals surface area contributed by atoms with Gasteiger partial charge in [-0.1, -0.05) is 53.4 Å². The van der Waals surface area contributed by atoms with Gasteiger partial charge in [-0.3, -0.25) is 0 Å². The molecule has 0 bridgehead atoms. The first-order chi connectivity index (χ1) is 16.0. The van der Waals surface area contributed by atoms with Crippen molar-refractivity contribution in [2.45, 2.75) is 156 Å². The highest BCUT2D eigenvalue weighted by molar-refractivity contribution is 5.61. The maximum Gasteiger partial charge on any atom is 0.509 e. The summed E-state index contributed by atoms with van der Waals surface area (Å²) in [4.78, 5) is 25.1. The zero-order valence-corrected chi connectivity index (χ0v) is 23.2. The number of hydrogen-bond acceptors (Lipinski definition) is 6. The van der Waals surface area contributed by atoms with Crippen LogP contribution < -0.4 is 0 Å². The van der Waals surface area contributed by atoms with E-state index >= 15 is 0 Å². The lowest BCUT2D eigenvalue weighted by atomic mass is 9.84. The van der Waals surface area contributed by atoms with Crippen molar-refractivity contribution >= 4 is 12.3 Å². The molecule has 0 aromatic rings.